The molecule has 1 amide bonds. The Morgan fingerprint density at radius 2 is 2.00 bits per heavy atom. The predicted octanol–water partition coefficient (Wildman–Crippen LogP) is 4.58. The summed E-state index contributed by atoms with van der Waals surface area (Å²) in [5, 5.41) is 0.220. The summed E-state index contributed by atoms with van der Waals surface area (Å²) < 4.78 is 11.5. The standard InChI is InChI=1S/C17H33NO3Si/c1-7-8-13-20-16(19)18-12-9-10-15(18)11-14-21-22(5,6)17(2,3)4/h9-10,15H,7-8,11-14H2,1-6H3. The molecule has 0 fully saturated rings. The van der Waals surface area contributed by atoms with Crippen molar-refractivity contribution in [2.75, 3.05) is 19.8 Å². The van der Waals surface area contributed by atoms with Crippen molar-refractivity contribution < 1.29 is 14.0 Å². The Balaban J connectivity index is 2.41. The van der Waals surface area contributed by atoms with E-state index in [1.807, 2.05) is 6.08 Å². The van der Waals surface area contributed by atoms with Crippen molar-refractivity contribution in [3.05, 3.63) is 12.2 Å². The van der Waals surface area contributed by atoms with Gasteiger partial charge in [-0.3, -0.25) is 4.90 Å². The van der Waals surface area contributed by atoms with E-state index < -0.39 is 8.32 Å². The molecule has 1 unspecified atom stereocenters. The van der Waals surface area contributed by atoms with Crippen LogP contribution in [0.25, 0.3) is 0 Å². The zero-order chi connectivity index (χ0) is 16.8. The van der Waals surface area contributed by atoms with Crippen molar-refractivity contribution in [2.45, 2.75) is 71.1 Å². The number of hydrogen-bond acceptors (Lipinski definition) is 3. The summed E-state index contributed by atoms with van der Waals surface area (Å²) in [5.41, 5.74) is 0. The van der Waals surface area contributed by atoms with E-state index in [1.165, 1.54) is 0 Å². The van der Waals surface area contributed by atoms with Crippen LogP contribution in [0.3, 0.4) is 0 Å². The van der Waals surface area contributed by atoms with Crippen LogP contribution in [0, 0.1) is 0 Å². The molecule has 0 radical (unpaired) electrons. The van der Waals surface area contributed by atoms with E-state index in [0.29, 0.717) is 19.8 Å². The highest BCUT2D eigenvalue weighted by Crippen LogP contribution is 2.36. The monoisotopic (exact) mass is 327 g/mol. The maximum Gasteiger partial charge on any atom is 0.410 e. The van der Waals surface area contributed by atoms with Gasteiger partial charge in [0.2, 0.25) is 0 Å². The van der Waals surface area contributed by atoms with Gasteiger partial charge in [0.05, 0.1) is 12.6 Å². The zero-order valence-electron chi connectivity index (χ0n) is 15.1. The van der Waals surface area contributed by atoms with Gasteiger partial charge in [0.1, 0.15) is 0 Å². The molecule has 0 saturated carbocycles. The number of rotatable bonds is 7. The molecule has 5 heteroatoms. The Morgan fingerprint density at radius 3 is 2.59 bits per heavy atom. The van der Waals surface area contributed by atoms with Crippen molar-refractivity contribution in [1.82, 2.24) is 4.90 Å². The molecule has 0 aromatic heterocycles. The van der Waals surface area contributed by atoms with Crippen LogP contribution in [0.4, 0.5) is 4.79 Å². The van der Waals surface area contributed by atoms with E-state index in [2.05, 4.69) is 46.9 Å². The molecule has 0 spiro atoms. The summed E-state index contributed by atoms with van der Waals surface area (Å²) in [6.45, 7) is 15.2. The number of carbonyl (C=O) groups excluding carboxylic acids is 1. The van der Waals surface area contributed by atoms with Crippen LogP contribution >= 0.6 is 0 Å². The van der Waals surface area contributed by atoms with Gasteiger partial charge in [-0.2, -0.15) is 0 Å². The van der Waals surface area contributed by atoms with Gasteiger partial charge in [-0.25, -0.2) is 4.79 Å². The second-order valence-electron chi connectivity index (χ2n) is 7.51. The Labute approximate surface area is 137 Å². The molecule has 1 aliphatic rings. The molecular weight excluding hydrogens is 294 g/mol. The average Bonchev–Trinajstić information content (AvgIpc) is 2.86. The minimum Gasteiger partial charge on any atom is -0.449 e. The number of nitrogens with zero attached hydrogens (tertiary/aromatic N) is 1. The first-order valence-corrected chi connectivity index (χ1v) is 11.3. The first-order chi connectivity index (χ1) is 10.2. The Morgan fingerprint density at radius 1 is 1.32 bits per heavy atom. The van der Waals surface area contributed by atoms with Crippen molar-refractivity contribution in [3.63, 3.8) is 0 Å². The summed E-state index contributed by atoms with van der Waals surface area (Å²) in [4.78, 5) is 13.9. The smallest absolute Gasteiger partial charge is 0.410 e. The van der Waals surface area contributed by atoms with E-state index in [4.69, 9.17) is 9.16 Å². The maximum absolute atomic E-state index is 12.1. The van der Waals surface area contributed by atoms with Crippen molar-refractivity contribution in [3.8, 4) is 0 Å². The Hall–Kier alpha value is -0.813. The highest BCUT2D eigenvalue weighted by Gasteiger charge is 2.37. The molecular formula is C17H33NO3Si. The van der Waals surface area contributed by atoms with E-state index in [1.54, 1.807) is 4.90 Å². The van der Waals surface area contributed by atoms with Gasteiger partial charge in [-0.1, -0.05) is 46.3 Å². The SMILES string of the molecule is CCCCOC(=O)N1CC=CC1CCO[Si](C)(C)C(C)(C)C. The van der Waals surface area contributed by atoms with Crippen molar-refractivity contribution >= 4 is 14.4 Å². The molecule has 0 aromatic rings. The van der Waals surface area contributed by atoms with Crippen LogP contribution in [0.2, 0.25) is 18.1 Å². The predicted molar refractivity (Wildman–Crippen MR) is 93.7 cm³/mol. The normalized spacial score (nSPS) is 18.8. The third kappa shape index (κ3) is 5.43. The first kappa shape index (κ1) is 19.2. The minimum absolute atomic E-state index is 0.110. The topological polar surface area (TPSA) is 38.8 Å². The fourth-order valence-electron chi connectivity index (χ4n) is 2.07. The third-order valence-corrected chi connectivity index (χ3v) is 9.24. The highest BCUT2D eigenvalue weighted by molar-refractivity contribution is 6.74. The number of hydrogen-bond donors (Lipinski definition) is 0. The molecule has 0 aromatic carbocycles. The lowest BCUT2D eigenvalue weighted by molar-refractivity contribution is 0.0958. The quantitative estimate of drug-likeness (QED) is 0.390. The third-order valence-electron chi connectivity index (χ3n) is 4.70. The van der Waals surface area contributed by atoms with E-state index in [0.717, 1.165) is 19.3 Å². The van der Waals surface area contributed by atoms with Crippen LogP contribution in [0.5, 0.6) is 0 Å². The molecule has 0 saturated heterocycles. The van der Waals surface area contributed by atoms with Crippen LogP contribution in [-0.2, 0) is 9.16 Å². The molecule has 0 aliphatic carbocycles. The van der Waals surface area contributed by atoms with Gasteiger partial charge in [-0.15, -0.1) is 0 Å². The van der Waals surface area contributed by atoms with Crippen LogP contribution in [-0.4, -0.2) is 45.1 Å². The van der Waals surface area contributed by atoms with Crippen molar-refractivity contribution in [2.24, 2.45) is 0 Å². The lowest BCUT2D eigenvalue weighted by Crippen LogP contribution is -2.42. The summed E-state index contributed by atoms with van der Waals surface area (Å²) in [6, 6.07) is 0.110. The molecule has 1 aliphatic heterocycles. The lowest BCUT2D eigenvalue weighted by Gasteiger charge is -2.36. The van der Waals surface area contributed by atoms with Gasteiger partial charge in [0.25, 0.3) is 0 Å². The maximum atomic E-state index is 12.1. The molecule has 1 rings (SSSR count). The van der Waals surface area contributed by atoms with E-state index in [9.17, 15) is 4.79 Å². The van der Waals surface area contributed by atoms with Gasteiger partial charge < -0.3 is 9.16 Å². The van der Waals surface area contributed by atoms with Gasteiger partial charge >= 0.3 is 6.09 Å². The van der Waals surface area contributed by atoms with E-state index >= 15 is 0 Å². The molecule has 0 bridgehead atoms. The first-order valence-electron chi connectivity index (χ1n) is 8.43. The second kappa shape index (κ2) is 8.16. The van der Waals surface area contributed by atoms with Crippen molar-refractivity contribution in [1.29, 1.82) is 0 Å². The number of ether oxygens (including phenoxy) is 1. The fourth-order valence-corrected chi connectivity index (χ4v) is 3.13. The summed E-state index contributed by atoms with van der Waals surface area (Å²) in [7, 11) is -1.71. The number of carbonyl (C=O) groups is 1. The number of unbranched alkanes of at least 4 members (excludes halogenated alkanes) is 1. The largest absolute Gasteiger partial charge is 0.449 e. The van der Waals surface area contributed by atoms with Gasteiger partial charge in [0.15, 0.2) is 8.32 Å². The fraction of sp³-hybridized carbons (Fsp3) is 0.824. The molecule has 0 N–H and O–H groups in total. The zero-order valence-corrected chi connectivity index (χ0v) is 16.1. The lowest BCUT2D eigenvalue weighted by atomic mass is 10.2. The Kier molecular flexibility index (Phi) is 7.13. The number of amides is 1. The summed E-state index contributed by atoms with van der Waals surface area (Å²) in [5.74, 6) is 0. The molecule has 1 atom stereocenters. The van der Waals surface area contributed by atoms with Crippen LogP contribution in [0.15, 0.2) is 12.2 Å². The molecule has 1 heterocycles. The Bertz CT molecular complexity index is 388. The molecule has 22 heavy (non-hydrogen) atoms. The second-order valence-corrected chi connectivity index (χ2v) is 12.3. The van der Waals surface area contributed by atoms with Crippen LogP contribution < -0.4 is 0 Å². The molecule has 128 valence electrons. The van der Waals surface area contributed by atoms with Gasteiger partial charge in [-0.05, 0) is 31.0 Å². The van der Waals surface area contributed by atoms with E-state index in [-0.39, 0.29) is 17.2 Å². The van der Waals surface area contributed by atoms with Crippen LogP contribution in [0.1, 0.15) is 47.0 Å². The summed E-state index contributed by atoms with van der Waals surface area (Å²) >= 11 is 0. The molecule has 4 nitrogen and oxygen atoms in total. The van der Waals surface area contributed by atoms with Gasteiger partial charge in [0, 0.05) is 13.2 Å². The minimum atomic E-state index is -1.71. The summed E-state index contributed by atoms with van der Waals surface area (Å²) in [6.07, 6.45) is 6.73. The highest BCUT2D eigenvalue weighted by atomic mass is 28.4. The average molecular weight is 328 g/mol.